The molecule has 1 aliphatic rings. The summed E-state index contributed by atoms with van der Waals surface area (Å²) in [6.07, 6.45) is 18.3. The quantitative estimate of drug-likeness (QED) is 0.200. The lowest BCUT2D eigenvalue weighted by Gasteiger charge is -2.28. The molecule has 1 fully saturated rings. The van der Waals surface area contributed by atoms with E-state index in [9.17, 15) is 0 Å². The van der Waals surface area contributed by atoms with E-state index in [1.807, 2.05) is 12.4 Å². The van der Waals surface area contributed by atoms with Crippen LogP contribution in [0.5, 0.6) is 0 Å². The number of hydrogen-bond acceptors (Lipinski definition) is 2. The van der Waals surface area contributed by atoms with E-state index in [2.05, 4.69) is 72.6 Å². The fourth-order valence-corrected chi connectivity index (χ4v) is 4.66. The summed E-state index contributed by atoms with van der Waals surface area (Å²) in [6, 6.07) is 17.6. The summed E-state index contributed by atoms with van der Waals surface area (Å²) in [5, 5.41) is 8.48. The van der Waals surface area contributed by atoms with Gasteiger partial charge in [0.1, 0.15) is 0 Å². The van der Waals surface area contributed by atoms with Crippen LogP contribution >= 0.6 is 0 Å². The third-order valence-electron chi connectivity index (χ3n) is 6.86. The molecule has 2 heteroatoms. The van der Waals surface area contributed by atoms with Gasteiger partial charge in [0.2, 0.25) is 0 Å². The van der Waals surface area contributed by atoms with Crippen molar-refractivity contribution in [3.05, 3.63) is 70.8 Å². The van der Waals surface area contributed by atoms with E-state index in [0.29, 0.717) is 0 Å². The van der Waals surface area contributed by atoms with Gasteiger partial charge in [-0.3, -0.25) is 0 Å². The van der Waals surface area contributed by atoms with Crippen LogP contribution in [0.25, 0.3) is 0 Å². The number of nitrogens with zero attached hydrogens (tertiary/aromatic N) is 2. The van der Waals surface area contributed by atoms with Crippen molar-refractivity contribution in [2.75, 3.05) is 0 Å². The van der Waals surface area contributed by atoms with Crippen LogP contribution in [0.1, 0.15) is 106 Å². The zero-order valence-corrected chi connectivity index (χ0v) is 19.6. The van der Waals surface area contributed by atoms with Crippen molar-refractivity contribution in [2.24, 2.45) is 16.1 Å². The molecule has 2 aromatic rings. The molecule has 2 aromatic carbocycles. The van der Waals surface area contributed by atoms with Crippen LogP contribution in [0.4, 0.5) is 0 Å². The summed E-state index contributed by atoms with van der Waals surface area (Å²) in [4.78, 5) is 0. The van der Waals surface area contributed by atoms with E-state index in [1.165, 1.54) is 81.8 Å². The average molecular weight is 417 g/mol. The van der Waals surface area contributed by atoms with Crippen molar-refractivity contribution >= 4 is 12.4 Å². The fourth-order valence-electron chi connectivity index (χ4n) is 4.66. The molecule has 0 aromatic heterocycles. The van der Waals surface area contributed by atoms with Gasteiger partial charge in [-0.15, -0.1) is 0 Å². The van der Waals surface area contributed by atoms with Crippen LogP contribution in [0.2, 0.25) is 0 Å². The van der Waals surface area contributed by atoms with Gasteiger partial charge in [0.15, 0.2) is 0 Å². The highest BCUT2D eigenvalue weighted by molar-refractivity contribution is 5.82. The first-order valence-electron chi connectivity index (χ1n) is 12.5. The van der Waals surface area contributed by atoms with E-state index >= 15 is 0 Å². The Morgan fingerprint density at radius 1 is 0.710 bits per heavy atom. The van der Waals surface area contributed by atoms with Crippen molar-refractivity contribution < 1.29 is 0 Å². The number of benzene rings is 2. The average Bonchev–Trinajstić information content (AvgIpc) is 2.83. The Labute approximate surface area is 189 Å². The van der Waals surface area contributed by atoms with Crippen molar-refractivity contribution in [1.82, 2.24) is 0 Å². The van der Waals surface area contributed by atoms with Crippen LogP contribution < -0.4 is 0 Å². The molecule has 31 heavy (non-hydrogen) atoms. The summed E-state index contributed by atoms with van der Waals surface area (Å²) in [5.74, 6) is 1.69. The van der Waals surface area contributed by atoms with E-state index in [0.717, 1.165) is 23.0 Å². The highest BCUT2D eigenvalue weighted by atomic mass is 15.2. The molecule has 0 saturated heterocycles. The summed E-state index contributed by atoms with van der Waals surface area (Å²) in [6.45, 7) is 4.59. The molecule has 3 rings (SSSR count). The normalized spacial score (nSPS) is 19.4. The van der Waals surface area contributed by atoms with Crippen molar-refractivity contribution in [2.45, 2.75) is 90.4 Å². The Kier molecular flexibility index (Phi) is 10.0. The molecule has 0 heterocycles. The second-order valence-electron chi connectivity index (χ2n) is 9.19. The SMILES string of the molecule is CCCCCCCc1ccc(C=NN=Cc2ccc(C3CCC(CC)CC3)cc2)cc1. The maximum absolute atomic E-state index is 4.25. The van der Waals surface area contributed by atoms with Gasteiger partial charge in [-0.1, -0.05) is 94.5 Å². The van der Waals surface area contributed by atoms with Gasteiger partial charge in [-0.05, 0) is 72.6 Å². The Morgan fingerprint density at radius 2 is 1.29 bits per heavy atom. The largest absolute Gasteiger partial charge is 0.159 e. The maximum atomic E-state index is 4.25. The molecule has 166 valence electrons. The molecule has 0 aliphatic heterocycles. The molecule has 0 radical (unpaired) electrons. The Bertz CT molecular complexity index is 794. The van der Waals surface area contributed by atoms with Gasteiger partial charge in [-0.25, -0.2) is 0 Å². The summed E-state index contributed by atoms with van der Waals surface area (Å²) in [7, 11) is 0. The van der Waals surface area contributed by atoms with Crippen molar-refractivity contribution in [3.8, 4) is 0 Å². The first kappa shape index (κ1) is 23.4. The fraction of sp³-hybridized carbons (Fsp3) is 0.517. The molecule has 1 saturated carbocycles. The lowest BCUT2D eigenvalue weighted by molar-refractivity contribution is 0.319. The molecular formula is C29H40N2. The van der Waals surface area contributed by atoms with Crippen molar-refractivity contribution in [3.63, 3.8) is 0 Å². The molecule has 1 aliphatic carbocycles. The molecule has 0 unspecified atom stereocenters. The van der Waals surface area contributed by atoms with Gasteiger partial charge in [0.05, 0.1) is 12.4 Å². The summed E-state index contributed by atoms with van der Waals surface area (Å²) in [5.41, 5.74) is 5.12. The highest BCUT2D eigenvalue weighted by Crippen LogP contribution is 2.36. The minimum absolute atomic E-state index is 0.742. The van der Waals surface area contributed by atoms with E-state index in [4.69, 9.17) is 0 Å². The van der Waals surface area contributed by atoms with E-state index < -0.39 is 0 Å². The number of rotatable bonds is 11. The Balaban J connectivity index is 1.42. The predicted molar refractivity (Wildman–Crippen MR) is 136 cm³/mol. The van der Waals surface area contributed by atoms with Gasteiger partial charge >= 0.3 is 0 Å². The van der Waals surface area contributed by atoms with Gasteiger partial charge < -0.3 is 0 Å². The number of hydrogen-bond donors (Lipinski definition) is 0. The lowest BCUT2D eigenvalue weighted by atomic mass is 9.78. The molecule has 0 bridgehead atoms. The van der Waals surface area contributed by atoms with Crippen LogP contribution in [0, 0.1) is 5.92 Å². The number of aryl methyl sites for hydroxylation is 1. The molecule has 0 atom stereocenters. The number of unbranched alkanes of at least 4 members (excludes halogenated alkanes) is 4. The minimum atomic E-state index is 0.742. The van der Waals surface area contributed by atoms with Crippen LogP contribution in [0.15, 0.2) is 58.7 Å². The third-order valence-corrected chi connectivity index (χ3v) is 6.86. The first-order chi connectivity index (χ1) is 15.3. The summed E-state index contributed by atoms with van der Waals surface area (Å²) < 4.78 is 0. The van der Waals surface area contributed by atoms with Crippen molar-refractivity contribution in [1.29, 1.82) is 0 Å². The third kappa shape index (κ3) is 8.09. The topological polar surface area (TPSA) is 24.7 Å². The molecule has 0 amide bonds. The second kappa shape index (κ2) is 13.2. The smallest absolute Gasteiger partial charge is 0.0568 e. The second-order valence-corrected chi connectivity index (χ2v) is 9.19. The van der Waals surface area contributed by atoms with Gasteiger partial charge in [0, 0.05) is 0 Å². The molecular weight excluding hydrogens is 376 g/mol. The van der Waals surface area contributed by atoms with Crippen LogP contribution in [-0.4, -0.2) is 12.4 Å². The first-order valence-corrected chi connectivity index (χ1v) is 12.5. The zero-order valence-electron chi connectivity index (χ0n) is 19.6. The predicted octanol–water partition coefficient (Wildman–Crippen LogP) is 8.34. The Morgan fingerprint density at radius 3 is 1.87 bits per heavy atom. The Hall–Kier alpha value is -2.22. The molecule has 0 N–H and O–H groups in total. The van der Waals surface area contributed by atoms with E-state index in [1.54, 1.807) is 0 Å². The molecule has 2 nitrogen and oxygen atoms in total. The summed E-state index contributed by atoms with van der Waals surface area (Å²) >= 11 is 0. The standard InChI is InChI=1S/C29H40N2/c1-3-5-6-7-8-9-25-10-12-26(13-11-25)22-30-31-23-27-16-20-29(21-17-27)28-18-14-24(4-2)15-19-28/h10-13,16-17,20-24,28H,3-9,14-15,18-19H2,1-2H3. The zero-order chi connectivity index (χ0) is 21.7. The van der Waals surface area contributed by atoms with Gasteiger partial charge in [0.25, 0.3) is 0 Å². The van der Waals surface area contributed by atoms with Gasteiger partial charge in [-0.2, -0.15) is 10.2 Å². The minimum Gasteiger partial charge on any atom is -0.159 e. The molecule has 0 spiro atoms. The monoisotopic (exact) mass is 416 g/mol. The lowest BCUT2D eigenvalue weighted by Crippen LogP contribution is -2.12. The highest BCUT2D eigenvalue weighted by Gasteiger charge is 2.20. The van der Waals surface area contributed by atoms with E-state index in [-0.39, 0.29) is 0 Å². The van der Waals surface area contributed by atoms with Crippen LogP contribution in [-0.2, 0) is 6.42 Å². The van der Waals surface area contributed by atoms with Crippen LogP contribution in [0.3, 0.4) is 0 Å². The maximum Gasteiger partial charge on any atom is 0.0568 e.